The van der Waals surface area contributed by atoms with Crippen LogP contribution in [-0.2, 0) is 17.5 Å². The highest BCUT2D eigenvalue weighted by Gasteiger charge is 2.32. The van der Waals surface area contributed by atoms with E-state index in [9.17, 15) is 13.2 Å². The Hall–Kier alpha value is -2.23. The van der Waals surface area contributed by atoms with Crippen LogP contribution in [0.15, 0.2) is 71.7 Å². The lowest BCUT2D eigenvalue weighted by Crippen LogP contribution is -2.47. The Morgan fingerprint density at radius 1 is 0.938 bits per heavy atom. The second-order valence-electron chi connectivity index (χ2n) is 9.73. The molecule has 32 heavy (non-hydrogen) atoms. The summed E-state index contributed by atoms with van der Waals surface area (Å²) in [4.78, 5) is 4.67. The summed E-state index contributed by atoms with van der Waals surface area (Å²) in [7, 11) is -3.64. The first-order chi connectivity index (χ1) is 14.9. The zero-order valence-electron chi connectivity index (χ0n) is 19.3. The molecule has 0 N–H and O–H groups in total. The minimum Gasteiger partial charge on any atom is -0.373 e. The van der Waals surface area contributed by atoms with Crippen LogP contribution >= 0.6 is 0 Å². The molecule has 0 aliphatic carbocycles. The first-order valence-electron chi connectivity index (χ1n) is 10.7. The fourth-order valence-electron chi connectivity index (χ4n) is 3.78. The van der Waals surface area contributed by atoms with Crippen molar-refractivity contribution in [1.29, 1.82) is 0 Å². The minimum atomic E-state index is -4.32. The van der Waals surface area contributed by atoms with Crippen molar-refractivity contribution in [2.75, 3.05) is 6.61 Å². The van der Waals surface area contributed by atoms with E-state index in [4.69, 9.17) is 4.74 Å². The van der Waals surface area contributed by atoms with Gasteiger partial charge in [0.15, 0.2) is 0 Å². The molecule has 0 saturated heterocycles. The van der Waals surface area contributed by atoms with Crippen LogP contribution in [0.4, 0.5) is 13.2 Å². The van der Waals surface area contributed by atoms with Crippen LogP contribution in [-0.4, -0.2) is 27.7 Å². The zero-order chi connectivity index (χ0) is 23.6. The van der Waals surface area contributed by atoms with Crippen molar-refractivity contribution in [2.24, 2.45) is 0 Å². The van der Waals surface area contributed by atoms with E-state index < -0.39 is 27.9 Å². The molecule has 0 unspecified atom stereocenters. The van der Waals surface area contributed by atoms with Crippen molar-refractivity contribution in [3.8, 4) is 0 Å². The summed E-state index contributed by atoms with van der Waals surface area (Å²) in [6.45, 7) is 12.3. The highest BCUT2D eigenvalue weighted by atomic mass is 28.3. The first kappa shape index (κ1) is 24.4. The van der Waals surface area contributed by atoms with Crippen LogP contribution in [0.25, 0.3) is 10.9 Å². The number of ether oxygens (including phenoxy) is 1. The van der Waals surface area contributed by atoms with E-state index in [1.165, 1.54) is 22.5 Å². The number of halogens is 3. The molecule has 0 atom stereocenters. The molecule has 0 aliphatic rings. The van der Waals surface area contributed by atoms with Gasteiger partial charge in [-0.2, -0.15) is 13.2 Å². The van der Waals surface area contributed by atoms with E-state index in [1.807, 2.05) is 12.3 Å². The minimum absolute atomic E-state index is 0.277. The predicted molar refractivity (Wildman–Crippen MR) is 131 cm³/mol. The number of para-hydroxylation sites is 1. The zero-order valence-corrected chi connectivity index (χ0v) is 21.3. The SMILES string of the molecule is C[Si](C)(C)/C=C(\COCc1ccc(C(F)(F)F)cc1)[Si](C)(C)c1cccc2cccnc12. The first-order valence-corrected chi connectivity index (χ1v) is 17.3. The molecular formula is C25H30F3NOSi2. The Labute approximate surface area is 190 Å². The summed E-state index contributed by atoms with van der Waals surface area (Å²) < 4.78 is 44.5. The number of rotatable bonds is 7. The molecular weight excluding hydrogens is 443 g/mol. The van der Waals surface area contributed by atoms with Crippen molar-refractivity contribution in [1.82, 2.24) is 4.98 Å². The Balaban J connectivity index is 1.85. The van der Waals surface area contributed by atoms with Crippen molar-refractivity contribution < 1.29 is 17.9 Å². The lowest BCUT2D eigenvalue weighted by Gasteiger charge is -2.30. The van der Waals surface area contributed by atoms with Crippen LogP contribution < -0.4 is 5.19 Å². The lowest BCUT2D eigenvalue weighted by molar-refractivity contribution is -0.137. The fraction of sp³-hybridized carbons (Fsp3) is 0.320. The van der Waals surface area contributed by atoms with Crippen LogP contribution in [0.1, 0.15) is 11.1 Å². The van der Waals surface area contributed by atoms with Crippen molar-refractivity contribution in [3.05, 3.63) is 82.8 Å². The summed E-state index contributed by atoms with van der Waals surface area (Å²) in [5.74, 6) is 0. The van der Waals surface area contributed by atoms with Gasteiger partial charge < -0.3 is 4.74 Å². The van der Waals surface area contributed by atoms with E-state index in [0.717, 1.165) is 28.6 Å². The summed E-state index contributed by atoms with van der Waals surface area (Å²) in [5, 5.41) is 3.71. The lowest BCUT2D eigenvalue weighted by atomic mass is 10.1. The van der Waals surface area contributed by atoms with Crippen molar-refractivity contribution in [2.45, 2.75) is 45.5 Å². The number of benzene rings is 2. The second kappa shape index (κ2) is 9.33. The molecule has 2 aromatic carbocycles. The maximum Gasteiger partial charge on any atom is 0.416 e. The number of nitrogens with zero attached hydrogens (tertiary/aromatic N) is 1. The van der Waals surface area contributed by atoms with Crippen LogP contribution in [0.5, 0.6) is 0 Å². The largest absolute Gasteiger partial charge is 0.416 e. The second-order valence-corrected chi connectivity index (χ2v) is 19.2. The summed E-state index contributed by atoms with van der Waals surface area (Å²) in [6, 6.07) is 15.6. The number of fused-ring (bicyclic) bond motifs is 1. The third-order valence-electron chi connectivity index (χ3n) is 5.52. The van der Waals surface area contributed by atoms with Gasteiger partial charge in [-0.15, -0.1) is 0 Å². The molecule has 0 saturated carbocycles. The van der Waals surface area contributed by atoms with Gasteiger partial charge in [0.05, 0.1) is 32.4 Å². The van der Waals surface area contributed by atoms with E-state index in [-0.39, 0.29) is 6.61 Å². The van der Waals surface area contributed by atoms with Gasteiger partial charge >= 0.3 is 6.18 Å². The standard InChI is InChI=1S/C25H30F3NOSi2/c1-31(2,3)18-22(17-30-16-19-11-13-21(14-12-19)25(26,27)28)32(4,5)23-10-6-8-20-9-7-15-29-24(20)23/h6-15,18H,16-17H2,1-5H3/b22-18+. The van der Waals surface area contributed by atoms with Crippen LogP contribution in [0, 0.1) is 0 Å². The van der Waals surface area contributed by atoms with Gasteiger partial charge in [0, 0.05) is 11.6 Å². The quantitative estimate of drug-likeness (QED) is 0.355. The fourth-order valence-corrected chi connectivity index (χ4v) is 9.77. The van der Waals surface area contributed by atoms with Gasteiger partial charge in [-0.1, -0.05) is 80.0 Å². The topological polar surface area (TPSA) is 22.1 Å². The molecule has 3 rings (SSSR count). The molecule has 0 fully saturated rings. The molecule has 2 nitrogen and oxygen atoms in total. The average Bonchev–Trinajstić information content (AvgIpc) is 2.71. The smallest absolute Gasteiger partial charge is 0.373 e. The maximum absolute atomic E-state index is 12.8. The molecule has 170 valence electrons. The van der Waals surface area contributed by atoms with Crippen molar-refractivity contribution >= 4 is 32.2 Å². The monoisotopic (exact) mass is 473 g/mol. The third-order valence-corrected chi connectivity index (χ3v) is 10.7. The number of hydrogen-bond acceptors (Lipinski definition) is 2. The van der Waals surface area contributed by atoms with Gasteiger partial charge in [-0.05, 0) is 28.9 Å². The van der Waals surface area contributed by atoms with E-state index in [2.05, 4.69) is 67.7 Å². The van der Waals surface area contributed by atoms with E-state index in [1.54, 1.807) is 0 Å². The normalized spacial score (nSPS) is 13.6. The average molecular weight is 474 g/mol. The Kier molecular flexibility index (Phi) is 7.12. The van der Waals surface area contributed by atoms with Crippen LogP contribution in [0.3, 0.4) is 0 Å². The third kappa shape index (κ3) is 5.96. The molecule has 1 aromatic heterocycles. The number of alkyl halides is 3. The van der Waals surface area contributed by atoms with Gasteiger partial charge in [-0.3, -0.25) is 4.98 Å². The van der Waals surface area contributed by atoms with Crippen LogP contribution in [0.2, 0.25) is 32.7 Å². The molecule has 0 spiro atoms. The molecule has 0 aliphatic heterocycles. The van der Waals surface area contributed by atoms with E-state index >= 15 is 0 Å². The number of pyridine rings is 1. The maximum atomic E-state index is 12.8. The van der Waals surface area contributed by atoms with Gasteiger partial charge in [0.2, 0.25) is 0 Å². The summed E-state index contributed by atoms with van der Waals surface area (Å²) in [6.07, 6.45) is -2.49. The molecule has 7 heteroatoms. The molecule has 0 bridgehead atoms. The molecule has 0 amide bonds. The van der Waals surface area contributed by atoms with Gasteiger partial charge in [-0.25, -0.2) is 0 Å². The predicted octanol–water partition coefficient (Wildman–Crippen LogP) is 6.73. The van der Waals surface area contributed by atoms with E-state index in [0.29, 0.717) is 6.61 Å². The number of aromatic nitrogens is 1. The number of hydrogen-bond donors (Lipinski definition) is 0. The summed E-state index contributed by atoms with van der Waals surface area (Å²) >= 11 is 0. The molecule has 3 aromatic rings. The van der Waals surface area contributed by atoms with Gasteiger partial charge in [0.25, 0.3) is 0 Å². The highest BCUT2D eigenvalue weighted by molar-refractivity contribution is 6.98. The van der Waals surface area contributed by atoms with Gasteiger partial charge in [0.1, 0.15) is 8.07 Å². The Morgan fingerprint density at radius 2 is 1.59 bits per heavy atom. The Bertz CT molecular complexity index is 1100. The highest BCUT2D eigenvalue weighted by Crippen LogP contribution is 2.29. The molecule has 1 heterocycles. The molecule has 0 radical (unpaired) electrons. The Morgan fingerprint density at radius 3 is 2.22 bits per heavy atom. The van der Waals surface area contributed by atoms with Crippen molar-refractivity contribution in [3.63, 3.8) is 0 Å². The summed E-state index contributed by atoms with van der Waals surface area (Å²) in [5.41, 5.74) is 3.55.